The number of para-hydroxylation sites is 1. The zero-order chi connectivity index (χ0) is 24.5. The van der Waals surface area contributed by atoms with Crippen LogP contribution in [0.1, 0.15) is 35.5 Å². The summed E-state index contributed by atoms with van der Waals surface area (Å²) in [5.41, 5.74) is 0.239. The molecular weight excluding hydrogens is 465 g/mol. The number of piperidine rings is 1. The van der Waals surface area contributed by atoms with Gasteiger partial charge in [0.2, 0.25) is 5.91 Å². The van der Waals surface area contributed by atoms with Gasteiger partial charge in [-0.05, 0) is 38.1 Å². The lowest BCUT2D eigenvalue weighted by Gasteiger charge is -2.38. The second-order valence-electron chi connectivity index (χ2n) is 8.79. The SMILES string of the molecule is CC(=O)[C@H]1[C@H](C(=O)c2ccc(C(F)(F)F)cc2)[C@]2(c3ccc4ccccc4n3)NC(=O)[C@@]1(C)S2. The Hall–Kier alpha value is -3.20. The van der Waals surface area contributed by atoms with Crippen molar-refractivity contribution in [2.45, 2.75) is 29.6 Å². The molecule has 9 heteroatoms. The Bertz CT molecular complexity index is 1360. The Morgan fingerprint density at radius 2 is 1.68 bits per heavy atom. The van der Waals surface area contributed by atoms with E-state index in [0.29, 0.717) is 11.2 Å². The highest BCUT2D eigenvalue weighted by molar-refractivity contribution is 8.03. The fraction of sp³-hybridized carbons (Fsp3) is 0.280. The maximum Gasteiger partial charge on any atom is 0.416 e. The van der Waals surface area contributed by atoms with Gasteiger partial charge in [-0.3, -0.25) is 14.4 Å². The highest BCUT2D eigenvalue weighted by atomic mass is 32.2. The molecule has 2 aliphatic heterocycles. The molecule has 1 N–H and O–H groups in total. The molecule has 0 spiro atoms. The van der Waals surface area contributed by atoms with Crippen molar-refractivity contribution in [1.29, 1.82) is 0 Å². The van der Waals surface area contributed by atoms with Crippen molar-refractivity contribution < 1.29 is 27.6 Å². The van der Waals surface area contributed by atoms with Gasteiger partial charge in [-0.2, -0.15) is 13.2 Å². The van der Waals surface area contributed by atoms with Crippen LogP contribution in [0.4, 0.5) is 13.2 Å². The van der Waals surface area contributed by atoms with Crippen molar-refractivity contribution in [3.05, 3.63) is 77.5 Å². The summed E-state index contributed by atoms with van der Waals surface area (Å²) >= 11 is 1.18. The first kappa shape index (κ1) is 22.6. The van der Waals surface area contributed by atoms with E-state index in [1.165, 1.54) is 18.7 Å². The molecule has 2 aromatic carbocycles. The number of pyridine rings is 1. The van der Waals surface area contributed by atoms with Crippen molar-refractivity contribution in [2.75, 3.05) is 0 Å². The van der Waals surface area contributed by atoms with Gasteiger partial charge in [0.1, 0.15) is 15.4 Å². The van der Waals surface area contributed by atoms with Crippen molar-refractivity contribution >= 4 is 40.1 Å². The molecule has 2 fully saturated rings. The summed E-state index contributed by atoms with van der Waals surface area (Å²) < 4.78 is 37.9. The van der Waals surface area contributed by atoms with Gasteiger partial charge >= 0.3 is 6.18 Å². The van der Waals surface area contributed by atoms with E-state index < -0.39 is 39.0 Å². The lowest BCUT2D eigenvalue weighted by molar-refractivity contribution is -0.137. The van der Waals surface area contributed by atoms with Gasteiger partial charge in [0.15, 0.2) is 5.78 Å². The van der Waals surface area contributed by atoms with E-state index in [0.717, 1.165) is 29.7 Å². The van der Waals surface area contributed by atoms with Crippen molar-refractivity contribution in [3.8, 4) is 0 Å². The lowest BCUT2D eigenvalue weighted by Crippen LogP contribution is -2.59. The molecule has 34 heavy (non-hydrogen) atoms. The number of nitrogens with one attached hydrogen (secondary N) is 1. The van der Waals surface area contributed by atoms with E-state index in [-0.39, 0.29) is 17.3 Å². The molecular formula is C25H19F3N2O3S. The fourth-order valence-electron chi connectivity index (χ4n) is 5.11. The highest BCUT2D eigenvalue weighted by Gasteiger charge is 2.73. The number of amides is 1. The molecule has 5 nitrogen and oxygen atoms in total. The molecule has 1 aromatic heterocycles. The van der Waals surface area contributed by atoms with Crippen LogP contribution in [-0.2, 0) is 20.6 Å². The first-order chi connectivity index (χ1) is 16.0. The van der Waals surface area contributed by atoms with E-state index in [1.54, 1.807) is 19.1 Å². The number of thioether (sulfide) groups is 1. The molecule has 0 aliphatic carbocycles. The second kappa shape index (κ2) is 7.40. The van der Waals surface area contributed by atoms with Crippen LogP contribution in [-0.4, -0.2) is 27.2 Å². The van der Waals surface area contributed by atoms with Gasteiger partial charge in [0.05, 0.1) is 28.6 Å². The monoisotopic (exact) mass is 484 g/mol. The van der Waals surface area contributed by atoms with Gasteiger partial charge in [0.25, 0.3) is 0 Å². The predicted octanol–water partition coefficient (Wildman–Crippen LogP) is 4.75. The highest BCUT2D eigenvalue weighted by Crippen LogP contribution is 2.65. The number of alkyl halides is 3. The summed E-state index contributed by atoms with van der Waals surface area (Å²) in [5, 5.41) is 3.79. The van der Waals surface area contributed by atoms with Gasteiger partial charge in [-0.25, -0.2) is 4.98 Å². The van der Waals surface area contributed by atoms with E-state index >= 15 is 0 Å². The fourth-order valence-corrected chi connectivity index (χ4v) is 7.08. The lowest BCUT2D eigenvalue weighted by atomic mass is 9.69. The summed E-state index contributed by atoms with van der Waals surface area (Å²) in [5.74, 6) is -3.22. The zero-order valence-electron chi connectivity index (χ0n) is 18.1. The van der Waals surface area contributed by atoms with Crippen molar-refractivity contribution in [1.82, 2.24) is 10.3 Å². The third kappa shape index (κ3) is 3.17. The normalized spacial score (nSPS) is 28.2. The maximum absolute atomic E-state index is 13.8. The molecule has 3 heterocycles. The minimum atomic E-state index is -4.54. The van der Waals surface area contributed by atoms with E-state index in [4.69, 9.17) is 4.98 Å². The van der Waals surface area contributed by atoms with E-state index in [9.17, 15) is 27.6 Å². The molecule has 2 saturated heterocycles. The second-order valence-corrected chi connectivity index (χ2v) is 10.5. The van der Waals surface area contributed by atoms with Crippen LogP contribution in [0.2, 0.25) is 0 Å². The Kier molecular flexibility index (Phi) is 4.91. The number of nitrogens with zero attached hydrogens (tertiary/aromatic N) is 1. The largest absolute Gasteiger partial charge is 0.416 e. The molecule has 174 valence electrons. The number of halogens is 3. The Balaban J connectivity index is 1.66. The van der Waals surface area contributed by atoms with Crippen molar-refractivity contribution in [3.63, 3.8) is 0 Å². The number of aromatic nitrogens is 1. The number of carbonyl (C=O) groups excluding carboxylic acids is 3. The molecule has 4 atom stereocenters. The first-order valence-corrected chi connectivity index (χ1v) is 11.4. The van der Waals surface area contributed by atoms with Crippen LogP contribution in [0, 0.1) is 11.8 Å². The van der Waals surface area contributed by atoms with Gasteiger partial charge in [-0.1, -0.05) is 36.4 Å². The average molecular weight is 484 g/mol. The molecule has 3 aromatic rings. The molecule has 0 unspecified atom stereocenters. The Labute approximate surface area is 197 Å². The van der Waals surface area contributed by atoms with E-state index in [2.05, 4.69) is 5.32 Å². The molecule has 5 rings (SSSR count). The summed E-state index contributed by atoms with van der Waals surface area (Å²) in [6.45, 7) is 2.96. The number of rotatable bonds is 4. The van der Waals surface area contributed by atoms with Crippen LogP contribution >= 0.6 is 11.8 Å². The number of benzene rings is 2. The van der Waals surface area contributed by atoms with Crippen LogP contribution in [0.25, 0.3) is 10.9 Å². The predicted molar refractivity (Wildman–Crippen MR) is 121 cm³/mol. The smallest absolute Gasteiger partial charge is 0.334 e. The van der Waals surface area contributed by atoms with Crippen molar-refractivity contribution in [2.24, 2.45) is 11.8 Å². The summed E-state index contributed by atoms with van der Waals surface area (Å²) in [6, 6.07) is 14.8. The van der Waals surface area contributed by atoms with Crippen LogP contribution < -0.4 is 5.32 Å². The topological polar surface area (TPSA) is 76.1 Å². The minimum Gasteiger partial charge on any atom is -0.334 e. The van der Waals surface area contributed by atoms with Gasteiger partial charge in [-0.15, -0.1) is 11.8 Å². The average Bonchev–Trinajstić information content (AvgIpc) is 3.23. The number of hydrogen-bond acceptors (Lipinski definition) is 5. The first-order valence-electron chi connectivity index (χ1n) is 10.6. The Morgan fingerprint density at radius 3 is 2.32 bits per heavy atom. The Morgan fingerprint density at radius 1 is 1.00 bits per heavy atom. The zero-order valence-corrected chi connectivity index (χ0v) is 19.0. The molecule has 0 saturated carbocycles. The number of fused-ring (bicyclic) bond motifs is 3. The number of carbonyl (C=O) groups is 3. The van der Waals surface area contributed by atoms with E-state index in [1.807, 2.05) is 24.3 Å². The third-order valence-electron chi connectivity index (χ3n) is 6.68. The number of Topliss-reactive ketones (excluding diaryl/α,β-unsaturated/α-hetero) is 2. The van der Waals surface area contributed by atoms with Crippen LogP contribution in [0.15, 0.2) is 60.7 Å². The van der Waals surface area contributed by atoms with Crippen LogP contribution in [0.3, 0.4) is 0 Å². The van der Waals surface area contributed by atoms with Gasteiger partial charge in [0, 0.05) is 10.9 Å². The standard InChI is InChI=1S/C25H19F3N2O3S/c1-13(31)19-20(21(32)15-7-10-16(11-8-15)25(26,27)28)24(30-22(33)23(19,2)34-24)18-12-9-14-5-3-4-6-17(14)29-18/h3-12,19-20H,1-2H3,(H,30,33)/t19-,20+,23-,24+/m0/s1. The maximum atomic E-state index is 13.8. The minimum absolute atomic E-state index is 0.0374. The molecule has 2 aliphatic rings. The summed E-state index contributed by atoms with van der Waals surface area (Å²) in [7, 11) is 0. The summed E-state index contributed by atoms with van der Waals surface area (Å²) in [4.78, 5) is 43.0. The molecule has 2 bridgehead atoms. The number of ketones is 2. The van der Waals surface area contributed by atoms with Gasteiger partial charge < -0.3 is 5.32 Å². The van der Waals surface area contributed by atoms with Crippen LogP contribution in [0.5, 0.6) is 0 Å². The summed E-state index contributed by atoms with van der Waals surface area (Å²) in [6.07, 6.45) is -4.54. The molecule has 0 radical (unpaired) electrons. The quantitative estimate of drug-likeness (QED) is 0.541. The number of hydrogen-bond donors (Lipinski definition) is 1. The molecule has 1 amide bonds. The third-order valence-corrected chi connectivity index (χ3v) is 8.43.